The smallest absolute Gasteiger partial charge is 0.170 e. The van der Waals surface area contributed by atoms with Crippen LogP contribution in [0.1, 0.15) is 5.56 Å². The van der Waals surface area contributed by atoms with E-state index in [2.05, 4.69) is 39.9 Å². The SMILES string of the molecule is S=C(NCCc1ccccc1)Nc1ccc(-c2nccs2)cc1. The molecule has 1 heterocycles. The third-order valence-corrected chi connectivity index (χ3v) is 4.43. The fourth-order valence-corrected chi connectivity index (χ4v) is 3.07. The zero-order valence-electron chi connectivity index (χ0n) is 12.5. The predicted molar refractivity (Wildman–Crippen MR) is 102 cm³/mol. The van der Waals surface area contributed by atoms with E-state index >= 15 is 0 Å². The van der Waals surface area contributed by atoms with Crippen molar-refractivity contribution in [1.29, 1.82) is 0 Å². The van der Waals surface area contributed by atoms with E-state index in [1.54, 1.807) is 11.3 Å². The Morgan fingerprint density at radius 1 is 1.04 bits per heavy atom. The van der Waals surface area contributed by atoms with Crippen molar-refractivity contribution in [2.45, 2.75) is 6.42 Å². The monoisotopic (exact) mass is 339 g/mol. The summed E-state index contributed by atoms with van der Waals surface area (Å²) in [6.07, 6.45) is 2.77. The van der Waals surface area contributed by atoms with Gasteiger partial charge < -0.3 is 10.6 Å². The molecule has 0 atom stereocenters. The Morgan fingerprint density at radius 2 is 1.83 bits per heavy atom. The van der Waals surface area contributed by atoms with Crippen LogP contribution in [0.4, 0.5) is 5.69 Å². The van der Waals surface area contributed by atoms with Gasteiger partial charge in [-0.3, -0.25) is 0 Å². The Hall–Kier alpha value is -2.24. The fraction of sp³-hybridized carbons (Fsp3) is 0.111. The minimum Gasteiger partial charge on any atom is -0.362 e. The highest BCUT2D eigenvalue weighted by Crippen LogP contribution is 2.23. The van der Waals surface area contributed by atoms with Crippen LogP contribution < -0.4 is 10.6 Å². The minimum absolute atomic E-state index is 0.642. The van der Waals surface area contributed by atoms with E-state index in [1.165, 1.54) is 5.56 Å². The lowest BCUT2D eigenvalue weighted by molar-refractivity contribution is 0.873. The van der Waals surface area contributed by atoms with Gasteiger partial charge in [-0.15, -0.1) is 11.3 Å². The number of nitrogens with zero attached hydrogens (tertiary/aromatic N) is 1. The molecule has 0 amide bonds. The summed E-state index contributed by atoms with van der Waals surface area (Å²) in [6.45, 7) is 0.813. The number of hydrogen-bond acceptors (Lipinski definition) is 3. The highest BCUT2D eigenvalue weighted by molar-refractivity contribution is 7.80. The summed E-state index contributed by atoms with van der Waals surface area (Å²) < 4.78 is 0. The molecule has 0 spiro atoms. The van der Waals surface area contributed by atoms with Crippen LogP contribution in [0.2, 0.25) is 0 Å². The molecule has 3 rings (SSSR count). The van der Waals surface area contributed by atoms with Gasteiger partial charge in [0, 0.05) is 29.4 Å². The van der Waals surface area contributed by atoms with Gasteiger partial charge in [0.25, 0.3) is 0 Å². The summed E-state index contributed by atoms with van der Waals surface area (Å²) in [4.78, 5) is 4.31. The van der Waals surface area contributed by atoms with Crippen LogP contribution >= 0.6 is 23.6 Å². The summed E-state index contributed by atoms with van der Waals surface area (Å²) in [6, 6.07) is 18.5. The van der Waals surface area contributed by atoms with Crippen molar-refractivity contribution in [2.75, 3.05) is 11.9 Å². The van der Waals surface area contributed by atoms with E-state index in [0.29, 0.717) is 5.11 Å². The van der Waals surface area contributed by atoms with Crippen molar-refractivity contribution in [1.82, 2.24) is 10.3 Å². The summed E-state index contributed by atoms with van der Waals surface area (Å²) >= 11 is 6.97. The van der Waals surface area contributed by atoms with Crippen LogP contribution in [-0.2, 0) is 6.42 Å². The number of benzene rings is 2. The quantitative estimate of drug-likeness (QED) is 0.678. The van der Waals surface area contributed by atoms with Crippen molar-refractivity contribution < 1.29 is 0 Å². The molecular formula is C18H17N3S2. The standard InChI is InChI=1S/C18H17N3S2/c22-18(20-11-10-14-4-2-1-3-5-14)21-16-8-6-15(7-9-16)17-19-12-13-23-17/h1-9,12-13H,10-11H2,(H2,20,21,22). The number of hydrogen-bond donors (Lipinski definition) is 2. The third-order valence-electron chi connectivity index (χ3n) is 3.36. The number of rotatable bonds is 5. The zero-order chi connectivity index (χ0) is 15.9. The normalized spacial score (nSPS) is 10.3. The molecule has 2 aromatic carbocycles. The maximum absolute atomic E-state index is 5.33. The highest BCUT2D eigenvalue weighted by Gasteiger charge is 2.01. The molecule has 0 saturated carbocycles. The molecule has 0 aliphatic carbocycles. The van der Waals surface area contributed by atoms with Crippen LogP contribution in [0.5, 0.6) is 0 Å². The van der Waals surface area contributed by atoms with Crippen molar-refractivity contribution >= 4 is 34.4 Å². The number of anilines is 1. The molecule has 2 N–H and O–H groups in total. The molecule has 0 saturated heterocycles. The Bertz CT molecular complexity index is 738. The van der Waals surface area contributed by atoms with Crippen LogP contribution in [0.25, 0.3) is 10.6 Å². The first-order chi connectivity index (χ1) is 11.3. The van der Waals surface area contributed by atoms with Gasteiger partial charge in [0.15, 0.2) is 5.11 Å². The number of aromatic nitrogens is 1. The van der Waals surface area contributed by atoms with Gasteiger partial charge in [-0.25, -0.2) is 4.98 Å². The topological polar surface area (TPSA) is 37.0 Å². The molecule has 0 aliphatic heterocycles. The highest BCUT2D eigenvalue weighted by atomic mass is 32.1. The second-order valence-electron chi connectivity index (χ2n) is 5.03. The molecule has 23 heavy (non-hydrogen) atoms. The van der Waals surface area contributed by atoms with Gasteiger partial charge >= 0.3 is 0 Å². The van der Waals surface area contributed by atoms with E-state index in [9.17, 15) is 0 Å². The minimum atomic E-state index is 0.642. The van der Waals surface area contributed by atoms with Gasteiger partial charge in [0.1, 0.15) is 5.01 Å². The van der Waals surface area contributed by atoms with Gasteiger partial charge in [0.05, 0.1) is 0 Å². The summed E-state index contributed by atoms with van der Waals surface area (Å²) in [5.74, 6) is 0. The molecule has 0 unspecified atom stereocenters. The van der Waals surface area contributed by atoms with E-state index < -0.39 is 0 Å². The van der Waals surface area contributed by atoms with Crippen molar-refractivity contribution in [2.24, 2.45) is 0 Å². The van der Waals surface area contributed by atoms with Gasteiger partial charge in [-0.1, -0.05) is 30.3 Å². The number of nitrogens with one attached hydrogen (secondary N) is 2. The largest absolute Gasteiger partial charge is 0.362 e. The summed E-state index contributed by atoms with van der Waals surface area (Å²) in [5, 5.41) is 10.1. The number of thiazole rings is 1. The lowest BCUT2D eigenvalue weighted by Crippen LogP contribution is -2.30. The molecule has 3 nitrogen and oxygen atoms in total. The summed E-state index contributed by atoms with van der Waals surface area (Å²) in [5.41, 5.74) is 3.40. The third kappa shape index (κ3) is 4.61. The molecule has 5 heteroatoms. The zero-order valence-corrected chi connectivity index (χ0v) is 14.2. The van der Waals surface area contributed by atoms with Crippen molar-refractivity contribution in [3.05, 3.63) is 71.7 Å². The Kier molecular flexibility index (Phi) is 5.34. The lowest BCUT2D eigenvalue weighted by Gasteiger charge is -2.11. The predicted octanol–water partition coefficient (Wildman–Crippen LogP) is 4.34. The summed E-state index contributed by atoms with van der Waals surface area (Å²) in [7, 11) is 0. The molecule has 0 radical (unpaired) electrons. The molecule has 0 fully saturated rings. The van der Waals surface area contributed by atoms with E-state index in [4.69, 9.17) is 12.2 Å². The van der Waals surface area contributed by atoms with Crippen LogP contribution in [0.15, 0.2) is 66.2 Å². The Balaban J connectivity index is 1.48. The molecular weight excluding hydrogens is 322 g/mol. The molecule has 0 aliphatic rings. The maximum Gasteiger partial charge on any atom is 0.170 e. The first-order valence-electron chi connectivity index (χ1n) is 7.40. The Labute approximate surface area is 145 Å². The molecule has 3 aromatic rings. The van der Waals surface area contributed by atoms with Crippen molar-refractivity contribution in [3.63, 3.8) is 0 Å². The van der Waals surface area contributed by atoms with Gasteiger partial charge in [-0.2, -0.15) is 0 Å². The van der Waals surface area contributed by atoms with Crippen molar-refractivity contribution in [3.8, 4) is 10.6 Å². The lowest BCUT2D eigenvalue weighted by atomic mass is 10.1. The van der Waals surface area contributed by atoms with Crippen LogP contribution in [-0.4, -0.2) is 16.6 Å². The van der Waals surface area contributed by atoms with E-state index in [-0.39, 0.29) is 0 Å². The Morgan fingerprint density at radius 3 is 2.52 bits per heavy atom. The van der Waals surface area contributed by atoms with E-state index in [1.807, 2.05) is 41.9 Å². The second-order valence-corrected chi connectivity index (χ2v) is 6.33. The van der Waals surface area contributed by atoms with Gasteiger partial charge in [-0.05, 0) is 48.5 Å². The van der Waals surface area contributed by atoms with Crippen LogP contribution in [0, 0.1) is 0 Å². The van der Waals surface area contributed by atoms with Gasteiger partial charge in [0.2, 0.25) is 0 Å². The van der Waals surface area contributed by atoms with E-state index in [0.717, 1.165) is 29.2 Å². The average molecular weight is 339 g/mol. The number of thiocarbonyl (C=S) groups is 1. The fourth-order valence-electron chi connectivity index (χ4n) is 2.20. The maximum atomic E-state index is 5.33. The molecule has 0 bridgehead atoms. The first kappa shape index (κ1) is 15.6. The molecule has 1 aromatic heterocycles. The molecule has 116 valence electrons. The van der Waals surface area contributed by atoms with Crippen LogP contribution in [0.3, 0.4) is 0 Å². The first-order valence-corrected chi connectivity index (χ1v) is 8.69. The second kappa shape index (κ2) is 7.85. The average Bonchev–Trinajstić information content (AvgIpc) is 3.11.